The van der Waals surface area contributed by atoms with Crippen LogP contribution in [0.25, 0.3) is 0 Å². The van der Waals surface area contributed by atoms with Gasteiger partial charge in [0.2, 0.25) is 0 Å². The molecule has 2 rings (SSSR count). The lowest BCUT2D eigenvalue weighted by Gasteiger charge is -2.32. The van der Waals surface area contributed by atoms with Gasteiger partial charge in [-0.05, 0) is 35.4 Å². The fraction of sp³-hybridized carbons (Fsp3) is 0.316. The smallest absolute Gasteiger partial charge is 0.128 e. The zero-order valence-electron chi connectivity index (χ0n) is 13.5. The van der Waals surface area contributed by atoms with Crippen molar-refractivity contribution in [1.82, 2.24) is 0 Å². The maximum atomic E-state index is 11.7. The lowest BCUT2D eigenvalue weighted by Crippen LogP contribution is -2.28. The molecule has 0 heterocycles. The van der Waals surface area contributed by atoms with Crippen LogP contribution in [0, 0.1) is 0 Å². The SMILES string of the molecule is COc1ccc(C(C=O)C(C)(C)c2ccc(OC)cc2)cc1. The van der Waals surface area contributed by atoms with Crippen LogP contribution in [0.1, 0.15) is 30.9 Å². The van der Waals surface area contributed by atoms with Crippen molar-refractivity contribution in [2.75, 3.05) is 14.2 Å². The average molecular weight is 298 g/mol. The summed E-state index contributed by atoms with van der Waals surface area (Å²) in [5.41, 5.74) is 1.76. The third-order valence-electron chi connectivity index (χ3n) is 4.22. The normalized spacial score (nSPS) is 12.5. The molecule has 1 unspecified atom stereocenters. The van der Waals surface area contributed by atoms with E-state index in [0.717, 1.165) is 28.9 Å². The number of aldehydes is 1. The summed E-state index contributed by atoms with van der Waals surface area (Å²) in [7, 11) is 3.28. The molecule has 1 atom stereocenters. The van der Waals surface area contributed by atoms with E-state index >= 15 is 0 Å². The van der Waals surface area contributed by atoms with E-state index in [4.69, 9.17) is 9.47 Å². The monoisotopic (exact) mass is 298 g/mol. The number of benzene rings is 2. The van der Waals surface area contributed by atoms with Crippen LogP contribution in [-0.2, 0) is 10.2 Å². The first kappa shape index (κ1) is 16.1. The summed E-state index contributed by atoms with van der Waals surface area (Å²) in [6.45, 7) is 4.16. The van der Waals surface area contributed by atoms with Crippen LogP contribution in [0.5, 0.6) is 11.5 Å². The molecule has 0 saturated carbocycles. The van der Waals surface area contributed by atoms with Crippen molar-refractivity contribution in [2.24, 2.45) is 0 Å². The standard InChI is InChI=1S/C19H22O3/c1-19(2,15-7-11-17(22-4)12-8-15)18(13-20)14-5-9-16(21-3)10-6-14/h5-13,18H,1-4H3. The van der Waals surface area contributed by atoms with Crippen molar-refractivity contribution in [2.45, 2.75) is 25.2 Å². The van der Waals surface area contributed by atoms with E-state index in [-0.39, 0.29) is 11.3 Å². The number of rotatable bonds is 6. The summed E-state index contributed by atoms with van der Waals surface area (Å²) in [6.07, 6.45) is 1.02. The molecule has 0 radical (unpaired) electrons. The summed E-state index contributed by atoms with van der Waals surface area (Å²) in [4.78, 5) is 11.7. The lowest BCUT2D eigenvalue weighted by molar-refractivity contribution is -0.110. The summed E-state index contributed by atoms with van der Waals surface area (Å²) >= 11 is 0. The van der Waals surface area contributed by atoms with Gasteiger partial charge < -0.3 is 14.3 Å². The van der Waals surface area contributed by atoms with E-state index in [0.29, 0.717) is 0 Å². The first-order valence-electron chi connectivity index (χ1n) is 7.26. The molecule has 116 valence electrons. The van der Waals surface area contributed by atoms with Gasteiger partial charge in [-0.25, -0.2) is 0 Å². The van der Waals surface area contributed by atoms with Crippen LogP contribution in [-0.4, -0.2) is 20.5 Å². The molecule has 0 aromatic heterocycles. The van der Waals surface area contributed by atoms with E-state index < -0.39 is 0 Å². The van der Waals surface area contributed by atoms with Gasteiger partial charge >= 0.3 is 0 Å². The molecule has 2 aromatic rings. The summed E-state index contributed by atoms with van der Waals surface area (Å²) in [5, 5.41) is 0. The minimum Gasteiger partial charge on any atom is -0.497 e. The molecular formula is C19H22O3. The fourth-order valence-electron chi connectivity index (χ4n) is 2.68. The zero-order valence-corrected chi connectivity index (χ0v) is 13.5. The Morgan fingerprint density at radius 3 is 1.73 bits per heavy atom. The quantitative estimate of drug-likeness (QED) is 0.757. The van der Waals surface area contributed by atoms with Gasteiger partial charge in [0.25, 0.3) is 0 Å². The van der Waals surface area contributed by atoms with Crippen molar-refractivity contribution in [1.29, 1.82) is 0 Å². The Kier molecular flexibility index (Phi) is 4.86. The molecule has 0 N–H and O–H groups in total. The number of ether oxygens (including phenoxy) is 2. The molecule has 0 bridgehead atoms. The van der Waals surface area contributed by atoms with Gasteiger partial charge in [-0.1, -0.05) is 38.1 Å². The van der Waals surface area contributed by atoms with Gasteiger partial charge in [0.15, 0.2) is 0 Å². The Balaban J connectivity index is 2.35. The van der Waals surface area contributed by atoms with Gasteiger partial charge in [-0.2, -0.15) is 0 Å². The van der Waals surface area contributed by atoms with Crippen molar-refractivity contribution < 1.29 is 14.3 Å². The molecule has 2 aromatic carbocycles. The second-order valence-corrected chi connectivity index (χ2v) is 5.84. The number of carbonyl (C=O) groups is 1. The number of hydrogen-bond acceptors (Lipinski definition) is 3. The Labute approximate surface area is 131 Å². The predicted octanol–water partition coefficient (Wildman–Crippen LogP) is 3.96. The molecule has 0 fully saturated rings. The van der Waals surface area contributed by atoms with Crippen LogP contribution in [0.15, 0.2) is 48.5 Å². The maximum Gasteiger partial charge on any atom is 0.128 e. The Morgan fingerprint density at radius 2 is 1.32 bits per heavy atom. The molecule has 0 aliphatic rings. The van der Waals surface area contributed by atoms with Gasteiger partial charge in [-0.15, -0.1) is 0 Å². The predicted molar refractivity (Wildman–Crippen MR) is 87.8 cm³/mol. The highest BCUT2D eigenvalue weighted by molar-refractivity contribution is 5.66. The second kappa shape index (κ2) is 6.65. The van der Waals surface area contributed by atoms with Crippen molar-refractivity contribution in [3.8, 4) is 11.5 Å². The highest BCUT2D eigenvalue weighted by Crippen LogP contribution is 2.38. The molecule has 0 spiro atoms. The van der Waals surface area contributed by atoms with E-state index in [1.807, 2.05) is 48.5 Å². The van der Waals surface area contributed by atoms with Gasteiger partial charge in [0.1, 0.15) is 17.8 Å². The summed E-state index contributed by atoms with van der Waals surface area (Å²) < 4.78 is 10.4. The van der Waals surface area contributed by atoms with Crippen molar-refractivity contribution >= 4 is 6.29 Å². The lowest BCUT2D eigenvalue weighted by atomic mass is 9.71. The Morgan fingerprint density at radius 1 is 0.864 bits per heavy atom. The molecule has 0 aliphatic carbocycles. The third-order valence-corrected chi connectivity index (χ3v) is 4.22. The van der Waals surface area contributed by atoms with E-state index in [1.54, 1.807) is 14.2 Å². The van der Waals surface area contributed by atoms with E-state index in [9.17, 15) is 4.79 Å². The fourth-order valence-corrected chi connectivity index (χ4v) is 2.68. The zero-order chi connectivity index (χ0) is 16.2. The van der Waals surface area contributed by atoms with Crippen LogP contribution in [0.2, 0.25) is 0 Å². The molecule has 0 aliphatic heterocycles. The summed E-state index contributed by atoms with van der Waals surface area (Å²) in [6, 6.07) is 15.5. The highest BCUT2D eigenvalue weighted by atomic mass is 16.5. The first-order valence-corrected chi connectivity index (χ1v) is 7.26. The molecule has 0 amide bonds. The van der Waals surface area contributed by atoms with Crippen LogP contribution >= 0.6 is 0 Å². The van der Waals surface area contributed by atoms with Crippen LogP contribution in [0.4, 0.5) is 0 Å². The van der Waals surface area contributed by atoms with Crippen molar-refractivity contribution in [3.63, 3.8) is 0 Å². The van der Waals surface area contributed by atoms with Gasteiger partial charge in [0, 0.05) is 11.3 Å². The minimum absolute atomic E-state index is 0.230. The van der Waals surface area contributed by atoms with E-state index in [1.165, 1.54) is 0 Å². The largest absolute Gasteiger partial charge is 0.497 e. The van der Waals surface area contributed by atoms with Crippen LogP contribution in [0.3, 0.4) is 0 Å². The summed E-state index contributed by atoms with van der Waals surface area (Å²) in [5.74, 6) is 1.37. The number of carbonyl (C=O) groups excluding carboxylic acids is 1. The molecule has 22 heavy (non-hydrogen) atoms. The molecular weight excluding hydrogens is 276 g/mol. The van der Waals surface area contributed by atoms with Crippen molar-refractivity contribution in [3.05, 3.63) is 59.7 Å². The first-order chi connectivity index (χ1) is 10.5. The Bertz CT molecular complexity index is 612. The maximum absolute atomic E-state index is 11.7. The minimum atomic E-state index is -0.317. The van der Waals surface area contributed by atoms with Gasteiger partial charge in [0.05, 0.1) is 14.2 Å². The number of hydrogen-bond donors (Lipinski definition) is 0. The molecule has 3 heteroatoms. The van der Waals surface area contributed by atoms with E-state index in [2.05, 4.69) is 13.8 Å². The second-order valence-electron chi connectivity index (χ2n) is 5.84. The third kappa shape index (κ3) is 3.14. The molecule has 0 saturated heterocycles. The topological polar surface area (TPSA) is 35.5 Å². The van der Waals surface area contributed by atoms with Crippen LogP contribution < -0.4 is 9.47 Å². The number of methoxy groups -OCH3 is 2. The average Bonchev–Trinajstić information content (AvgIpc) is 2.56. The molecule has 3 nitrogen and oxygen atoms in total. The van der Waals surface area contributed by atoms with Gasteiger partial charge in [-0.3, -0.25) is 0 Å². The Hall–Kier alpha value is -2.29. The highest BCUT2D eigenvalue weighted by Gasteiger charge is 2.32.